The minimum atomic E-state index is -3.85. The third-order valence-electron chi connectivity index (χ3n) is 3.76. The van der Waals surface area contributed by atoms with Crippen LogP contribution in [0.25, 0.3) is 0 Å². The van der Waals surface area contributed by atoms with Crippen LogP contribution in [0.4, 0.5) is 5.13 Å². The number of anilines is 1. The van der Waals surface area contributed by atoms with E-state index in [0.29, 0.717) is 11.3 Å². The van der Waals surface area contributed by atoms with E-state index < -0.39 is 10.0 Å². The number of carbonyl (C=O) groups is 1. The van der Waals surface area contributed by atoms with E-state index in [9.17, 15) is 13.2 Å². The first kappa shape index (κ1) is 19.9. The summed E-state index contributed by atoms with van der Waals surface area (Å²) in [5.74, 6) is 0.305. The second kappa shape index (κ2) is 8.46. The molecule has 28 heavy (non-hydrogen) atoms. The normalized spacial score (nSPS) is 11.2. The van der Waals surface area contributed by atoms with Crippen molar-refractivity contribution < 1.29 is 17.9 Å². The Morgan fingerprint density at radius 1 is 1.14 bits per heavy atom. The maximum atomic E-state index is 12.4. The Bertz CT molecular complexity index is 1080. The molecule has 2 N–H and O–H groups in total. The fourth-order valence-corrected chi connectivity index (χ4v) is 4.26. The van der Waals surface area contributed by atoms with Crippen molar-refractivity contribution in [3.8, 4) is 5.75 Å². The molecule has 2 aromatic carbocycles. The number of aryl methyl sites for hydroxylation is 1. The van der Waals surface area contributed by atoms with Crippen molar-refractivity contribution >= 4 is 32.4 Å². The van der Waals surface area contributed by atoms with Crippen LogP contribution >= 0.6 is 11.3 Å². The Kier molecular flexibility index (Phi) is 6.02. The van der Waals surface area contributed by atoms with Crippen LogP contribution in [0.3, 0.4) is 0 Å². The van der Waals surface area contributed by atoms with Crippen LogP contribution in [-0.2, 0) is 16.6 Å². The Morgan fingerprint density at radius 2 is 1.89 bits per heavy atom. The van der Waals surface area contributed by atoms with Gasteiger partial charge in [0.2, 0.25) is 9.47 Å². The zero-order valence-electron chi connectivity index (χ0n) is 15.2. The van der Waals surface area contributed by atoms with Gasteiger partial charge in [-0.3, -0.25) is 10.1 Å². The first-order valence-corrected chi connectivity index (χ1v) is 10.5. The van der Waals surface area contributed by atoms with Crippen molar-refractivity contribution in [1.82, 2.24) is 14.9 Å². The van der Waals surface area contributed by atoms with Crippen LogP contribution in [0.15, 0.2) is 52.9 Å². The van der Waals surface area contributed by atoms with E-state index in [-0.39, 0.29) is 21.9 Å². The lowest BCUT2D eigenvalue weighted by Crippen LogP contribution is -2.23. The Morgan fingerprint density at radius 3 is 2.57 bits per heavy atom. The highest BCUT2D eigenvalue weighted by Gasteiger charge is 2.21. The molecule has 0 fully saturated rings. The van der Waals surface area contributed by atoms with Gasteiger partial charge in [-0.2, -0.15) is 0 Å². The molecule has 0 bridgehead atoms. The van der Waals surface area contributed by atoms with Crippen LogP contribution in [0.1, 0.15) is 21.5 Å². The summed E-state index contributed by atoms with van der Waals surface area (Å²) in [7, 11) is -2.29. The van der Waals surface area contributed by atoms with Crippen LogP contribution in [-0.4, -0.2) is 31.6 Å². The van der Waals surface area contributed by atoms with Crippen molar-refractivity contribution in [3.63, 3.8) is 0 Å². The van der Waals surface area contributed by atoms with E-state index in [1.165, 1.54) is 0 Å². The van der Waals surface area contributed by atoms with Crippen molar-refractivity contribution in [2.24, 2.45) is 0 Å². The third kappa shape index (κ3) is 4.91. The van der Waals surface area contributed by atoms with Gasteiger partial charge in [0.1, 0.15) is 5.75 Å². The van der Waals surface area contributed by atoms with Gasteiger partial charge in [-0.1, -0.05) is 41.2 Å². The van der Waals surface area contributed by atoms with Gasteiger partial charge in [0.15, 0.2) is 0 Å². The standard InChI is InChI=1S/C18H18N4O4S2/c1-12-4-3-5-14(10-12)16(23)20-17-21-22-18(27-17)28(24,25)19-11-13-6-8-15(26-2)9-7-13/h3-10,19H,11H2,1-2H3,(H,20,21,23). The second-order valence-corrected chi connectivity index (χ2v) is 8.79. The fraction of sp³-hybridized carbons (Fsp3) is 0.167. The number of rotatable bonds is 7. The van der Waals surface area contributed by atoms with Gasteiger partial charge in [0.05, 0.1) is 7.11 Å². The molecule has 0 saturated carbocycles. The molecule has 0 aliphatic carbocycles. The first-order chi connectivity index (χ1) is 13.4. The van der Waals surface area contributed by atoms with Gasteiger partial charge in [-0.15, -0.1) is 10.2 Å². The zero-order valence-corrected chi connectivity index (χ0v) is 16.8. The van der Waals surface area contributed by atoms with Gasteiger partial charge < -0.3 is 4.74 Å². The van der Waals surface area contributed by atoms with Gasteiger partial charge >= 0.3 is 0 Å². The highest BCUT2D eigenvalue weighted by molar-refractivity contribution is 7.91. The first-order valence-electron chi connectivity index (χ1n) is 8.21. The number of carbonyl (C=O) groups excluding carboxylic acids is 1. The number of hydrogen-bond donors (Lipinski definition) is 2. The molecule has 3 rings (SSSR count). The molecule has 10 heteroatoms. The van der Waals surface area contributed by atoms with Crippen LogP contribution in [0, 0.1) is 6.92 Å². The predicted molar refractivity (Wildman–Crippen MR) is 106 cm³/mol. The maximum Gasteiger partial charge on any atom is 0.270 e. The minimum absolute atomic E-state index is 0.0941. The lowest BCUT2D eigenvalue weighted by Gasteiger charge is -2.05. The van der Waals surface area contributed by atoms with Gasteiger partial charge in [0, 0.05) is 12.1 Å². The summed E-state index contributed by atoms with van der Waals surface area (Å²) in [6, 6.07) is 14.0. The molecule has 0 radical (unpaired) electrons. The molecule has 1 heterocycles. The predicted octanol–water partition coefficient (Wildman–Crippen LogP) is 2.59. The Balaban J connectivity index is 1.65. The van der Waals surface area contributed by atoms with Crippen molar-refractivity contribution in [1.29, 1.82) is 0 Å². The highest BCUT2D eigenvalue weighted by Crippen LogP contribution is 2.21. The molecule has 0 aliphatic heterocycles. The second-order valence-electron chi connectivity index (χ2n) is 5.87. The smallest absolute Gasteiger partial charge is 0.270 e. The molecular weight excluding hydrogens is 400 g/mol. The summed E-state index contributed by atoms with van der Waals surface area (Å²) in [4.78, 5) is 12.2. The van der Waals surface area contributed by atoms with Gasteiger partial charge in [-0.05, 0) is 36.8 Å². The lowest BCUT2D eigenvalue weighted by molar-refractivity contribution is 0.102. The van der Waals surface area contributed by atoms with E-state index in [1.54, 1.807) is 49.6 Å². The largest absolute Gasteiger partial charge is 0.497 e. The summed E-state index contributed by atoms with van der Waals surface area (Å²) in [6.45, 7) is 1.97. The number of amides is 1. The average molecular weight is 419 g/mol. The number of nitrogens with zero attached hydrogens (tertiary/aromatic N) is 2. The molecule has 0 saturated heterocycles. The molecule has 1 aromatic heterocycles. The number of methoxy groups -OCH3 is 1. The molecule has 1 amide bonds. The number of sulfonamides is 1. The Hall–Kier alpha value is -2.82. The molecule has 0 spiro atoms. The summed E-state index contributed by atoms with van der Waals surface area (Å²) < 4.78 is 32.1. The van der Waals surface area contributed by atoms with Crippen LogP contribution in [0.2, 0.25) is 0 Å². The molecule has 0 atom stereocenters. The summed E-state index contributed by atoms with van der Waals surface area (Å²) in [5, 5.41) is 10.1. The quantitative estimate of drug-likeness (QED) is 0.571. The van der Waals surface area contributed by atoms with E-state index in [1.807, 2.05) is 13.0 Å². The van der Waals surface area contributed by atoms with Crippen LogP contribution < -0.4 is 14.8 Å². The molecule has 3 aromatic rings. The summed E-state index contributed by atoms with van der Waals surface area (Å²) in [6.07, 6.45) is 0. The molecular formula is C18H18N4O4S2. The number of benzene rings is 2. The molecule has 146 valence electrons. The summed E-state index contributed by atoms with van der Waals surface area (Å²) >= 11 is 0.784. The summed E-state index contributed by atoms with van der Waals surface area (Å²) in [5.41, 5.74) is 2.16. The minimum Gasteiger partial charge on any atom is -0.497 e. The monoisotopic (exact) mass is 418 g/mol. The number of nitrogens with one attached hydrogen (secondary N) is 2. The van der Waals surface area contributed by atoms with E-state index in [0.717, 1.165) is 22.5 Å². The van der Waals surface area contributed by atoms with E-state index in [2.05, 4.69) is 20.2 Å². The molecule has 0 aliphatic rings. The van der Waals surface area contributed by atoms with E-state index >= 15 is 0 Å². The zero-order chi connectivity index (χ0) is 20.1. The molecule has 8 nitrogen and oxygen atoms in total. The van der Waals surface area contributed by atoms with Crippen molar-refractivity contribution in [2.75, 3.05) is 12.4 Å². The van der Waals surface area contributed by atoms with Gasteiger partial charge in [0.25, 0.3) is 15.9 Å². The van der Waals surface area contributed by atoms with Gasteiger partial charge in [-0.25, -0.2) is 13.1 Å². The van der Waals surface area contributed by atoms with Crippen LogP contribution in [0.5, 0.6) is 5.75 Å². The third-order valence-corrected chi connectivity index (χ3v) is 6.37. The van der Waals surface area contributed by atoms with Crippen molar-refractivity contribution in [3.05, 3.63) is 65.2 Å². The SMILES string of the molecule is COc1ccc(CNS(=O)(=O)c2nnc(NC(=O)c3cccc(C)c3)s2)cc1. The highest BCUT2D eigenvalue weighted by atomic mass is 32.2. The van der Waals surface area contributed by atoms with Crippen molar-refractivity contribution in [2.45, 2.75) is 17.8 Å². The lowest BCUT2D eigenvalue weighted by atomic mass is 10.1. The number of hydrogen-bond acceptors (Lipinski definition) is 7. The molecule has 0 unspecified atom stereocenters. The fourth-order valence-electron chi connectivity index (χ4n) is 2.31. The maximum absolute atomic E-state index is 12.4. The number of ether oxygens (including phenoxy) is 1. The van der Waals surface area contributed by atoms with E-state index in [4.69, 9.17) is 4.74 Å². The average Bonchev–Trinajstić information content (AvgIpc) is 3.16. The Labute approximate surface area is 166 Å². The topological polar surface area (TPSA) is 110 Å². The number of aromatic nitrogens is 2.